The van der Waals surface area contributed by atoms with Crippen molar-refractivity contribution in [3.05, 3.63) is 0 Å². The summed E-state index contributed by atoms with van der Waals surface area (Å²) in [6.45, 7) is 1.60. The minimum absolute atomic E-state index is 0.00173. The van der Waals surface area contributed by atoms with Crippen LogP contribution < -0.4 is 5.32 Å². The molecule has 0 bridgehead atoms. The molecule has 3 fully saturated rings. The monoisotopic (exact) mass is 364 g/mol. The van der Waals surface area contributed by atoms with E-state index >= 15 is 0 Å². The maximum atomic E-state index is 12.9. The topological polar surface area (TPSA) is 86.7 Å². The molecule has 0 heterocycles. The van der Waals surface area contributed by atoms with E-state index in [0.29, 0.717) is 12.3 Å². The Kier molecular flexibility index (Phi) is 6.20. The number of rotatable bonds is 7. The van der Waals surface area contributed by atoms with Crippen LogP contribution in [-0.2, 0) is 14.4 Å². The number of carbonyl (C=O) groups is 3. The Morgan fingerprint density at radius 2 is 1.62 bits per heavy atom. The van der Waals surface area contributed by atoms with Crippen molar-refractivity contribution in [2.24, 2.45) is 11.8 Å². The third-order valence-electron chi connectivity index (χ3n) is 6.36. The molecule has 2 N–H and O–H groups in total. The third-order valence-corrected chi connectivity index (χ3v) is 6.36. The van der Waals surface area contributed by atoms with E-state index < -0.39 is 12.0 Å². The van der Waals surface area contributed by atoms with Gasteiger partial charge in [0.05, 0.1) is 0 Å². The summed E-state index contributed by atoms with van der Waals surface area (Å²) in [5.41, 5.74) is 0. The second kappa shape index (κ2) is 8.40. The molecule has 3 aliphatic carbocycles. The SMILES string of the molecule is CC(C(=O)O)N(C(=O)C1CCC(NC(=O)CC2CCCC2)CC1)C1CC1. The molecule has 0 spiro atoms. The first-order valence-corrected chi connectivity index (χ1v) is 10.3. The fourth-order valence-electron chi connectivity index (χ4n) is 4.62. The summed E-state index contributed by atoms with van der Waals surface area (Å²) >= 11 is 0. The van der Waals surface area contributed by atoms with E-state index in [1.807, 2.05) is 0 Å². The van der Waals surface area contributed by atoms with Gasteiger partial charge in [-0.05, 0) is 64.2 Å². The molecule has 1 unspecified atom stereocenters. The Bertz CT molecular complexity index is 532. The van der Waals surface area contributed by atoms with Gasteiger partial charge in [0.2, 0.25) is 11.8 Å². The van der Waals surface area contributed by atoms with Gasteiger partial charge in [-0.25, -0.2) is 4.79 Å². The van der Waals surface area contributed by atoms with Crippen LogP contribution in [0.2, 0.25) is 0 Å². The maximum Gasteiger partial charge on any atom is 0.326 e. The first kappa shape index (κ1) is 19.2. The molecule has 3 rings (SSSR count). The average Bonchev–Trinajstić information content (AvgIpc) is 3.31. The Hall–Kier alpha value is -1.59. The Labute approximate surface area is 155 Å². The van der Waals surface area contributed by atoms with Gasteiger partial charge in [0.25, 0.3) is 0 Å². The number of carbonyl (C=O) groups excluding carboxylic acids is 2. The molecule has 0 aromatic rings. The number of hydrogen-bond acceptors (Lipinski definition) is 3. The highest BCUT2D eigenvalue weighted by atomic mass is 16.4. The van der Waals surface area contributed by atoms with Gasteiger partial charge in [0.1, 0.15) is 6.04 Å². The zero-order valence-corrected chi connectivity index (χ0v) is 15.8. The van der Waals surface area contributed by atoms with E-state index in [1.165, 1.54) is 25.7 Å². The second-order valence-corrected chi connectivity index (χ2v) is 8.46. The number of nitrogens with one attached hydrogen (secondary N) is 1. The van der Waals surface area contributed by atoms with E-state index in [2.05, 4.69) is 5.32 Å². The number of carboxylic acid groups (broad SMARTS) is 1. The van der Waals surface area contributed by atoms with Crippen LogP contribution in [-0.4, -0.2) is 45.9 Å². The lowest BCUT2D eigenvalue weighted by molar-refractivity contribution is -0.152. The van der Waals surface area contributed by atoms with Gasteiger partial charge in [0.15, 0.2) is 0 Å². The van der Waals surface area contributed by atoms with Gasteiger partial charge in [-0.3, -0.25) is 9.59 Å². The number of nitrogens with zero attached hydrogens (tertiary/aromatic N) is 1. The van der Waals surface area contributed by atoms with Crippen LogP contribution in [0.15, 0.2) is 0 Å². The number of aliphatic carboxylic acids is 1. The molecule has 0 aliphatic heterocycles. The van der Waals surface area contributed by atoms with Gasteiger partial charge in [0, 0.05) is 24.4 Å². The summed E-state index contributed by atoms with van der Waals surface area (Å²) < 4.78 is 0. The molecule has 146 valence electrons. The fourth-order valence-corrected chi connectivity index (χ4v) is 4.62. The molecule has 3 saturated carbocycles. The highest BCUT2D eigenvalue weighted by Gasteiger charge is 2.41. The largest absolute Gasteiger partial charge is 0.480 e. The summed E-state index contributed by atoms with van der Waals surface area (Å²) in [7, 11) is 0. The molecule has 6 heteroatoms. The summed E-state index contributed by atoms with van der Waals surface area (Å²) in [6.07, 6.45) is 10.4. The highest BCUT2D eigenvalue weighted by Crippen LogP contribution is 2.34. The van der Waals surface area contributed by atoms with Crippen molar-refractivity contribution in [2.45, 2.75) is 95.7 Å². The highest BCUT2D eigenvalue weighted by molar-refractivity contribution is 5.85. The summed E-state index contributed by atoms with van der Waals surface area (Å²) in [5.74, 6) is -0.320. The van der Waals surface area contributed by atoms with Gasteiger partial charge in [-0.15, -0.1) is 0 Å². The molecule has 0 radical (unpaired) electrons. The van der Waals surface area contributed by atoms with Gasteiger partial charge < -0.3 is 15.3 Å². The molecular formula is C20H32N2O4. The number of amides is 2. The van der Waals surface area contributed by atoms with Gasteiger partial charge in [-0.2, -0.15) is 0 Å². The quantitative estimate of drug-likeness (QED) is 0.727. The predicted octanol–water partition coefficient (Wildman–Crippen LogP) is 2.71. The molecule has 1 atom stereocenters. The molecule has 0 aromatic carbocycles. The maximum absolute atomic E-state index is 12.9. The minimum Gasteiger partial charge on any atom is -0.480 e. The lowest BCUT2D eigenvalue weighted by Crippen LogP contribution is -2.49. The standard InChI is InChI=1S/C20H32N2O4/c1-13(20(25)26)22(17-10-11-17)19(24)15-6-8-16(9-7-15)21-18(23)12-14-4-2-3-5-14/h13-17H,2-12H2,1H3,(H,21,23)(H,25,26). The van der Waals surface area contributed by atoms with E-state index in [1.54, 1.807) is 11.8 Å². The first-order chi connectivity index (χ1) is 12.5. The summed E-state index contributed by atoms with van der Waals surface area (Å²) in [5, 5.41) is 12.4. The Morgan fingerprint density at radius 3 is 2.15 bits per heavy atom. The lowest BCUT2D eigenvalue weighted by Gasteiger charge is -2.34. The Balaban J connectivity index is 1.45. The van der Waals surface area contributed by atoms with E-state index in [9.17, 15) is 19.5 Å². The van der Waals surface area contributed by atoms with E-state index in [4.69, 9.17) is 0 Å². The van der Waals surface area contributed by atoms with Crippen molar-refractivity contribution in [3.8, 4) is 0 Å². The molecule has 2 amide bonds. The third kappa shape index (κ3) is 4.77. The van der Waals surface area contributed by atoms with Crippen molar-refractivity contribution in [1.29, 1.82) is 0 Å². The zero-order valence-electron chi connectivity index (χ0n) is 15.8. The van der Waals surface area contributed by atoms with Crippen molar-refractivity contribution in [1.82, 2.24) is 10.2 Å². The van der Waals surface area contributed by atoms with Crippen molar-refractivity contribution in [2.75, 3.05) is 0 Å². The predicted molar refractivity (Wildman–Crippen MR) is 97.4 cm³/mol. The van der Waals surface area contributed by atoms with Crippen LogP contribution in [0.3, 0.4) is 0 Å². The van der Waals surface area contributed by atoms with Crippen LogP contribution >= 0.6 is 0 Å². The smallest absolute Gasteiger partial charge is 0.326 e. The molecule has 0 aromatic heterocycles. The van der Waals surface area contributed by atoms with Crippen molar-refractivity contribution >= 4 is 17.8 Å². The fraction of sp³-hybridized carbons (Fsp3) is 0.850. The minimum atomic E-state index is -0.932. The average molecular weight is 364 g/mol. The van der Waals surface area contributed by atoms with Crippen LogP contribution in [0.4, 0.5) is 0 Å². The molecular weight excluding hydrogens is 332 g/mol. The van der Waals surface area contributed by atoms with Gasteiger partial charge >= 0.3 is 5.97 Å². The lowest BCUT2D eigenvalue weighted by atomic mass is 9.84. The van der Waals surface area contributed by atoms with Crippen LogP contribution in [0, 0.1) is 11.8 Å². The normalized spacial score (nSPS) is 27.7. The number of hydrogen-bond donors (Lipinski definition) is 2. The summed E-state index contributed by atoms with van der Waals surface area (Å²) in [4.78, 5) is 38.0. The van der Waals surface area contributed by atoms with Crippen molar-refractivity contribution in [3.63, 3.8) is 0 Å². The van der Waals surface area contributed by atoms with Gasteiger partial charge in [-0.1, -0.05) is 12.8 Å². The van der Waals surface area contributed by atoms with Crippen LogP contribution in [0.5, 0.6) is 0 Å². The van der Waals surface area contributed by atoms with E-state index in [0.717, 1.165) is 38.5 Å². The number of carboxylic acids is 1. The molecule has 6 nitrogen and oxygen atoms in total. The second-order valence-electron chi connectivity index (χ2n) is 8.46. The molecule has 0 saturated heterocycles. The van der Waals surface area contributed by atoms with Crippen molar-refractivity contribution < 1.29 is 19.5 Å². The Morgan fingerprint density at radius 1 is 1.00 bits per heavy atom. The van der Waals surface area contributed by atoms with E-state index in [-0.39, 0.29) is 29.8 Å². The van der Waals surface area contributed by atoms with Crippen LogP contribution in [0.1, 0.15) is 77.6 Å². The first-order valence-electron chi connectivity index (χ1n) is 10.3. The molecule has 26 heavy (non-hydrogen) atoms. The zero-order chi connectivity index (χ0) is 18.7. The molecule has 3 aliphatic rings. The van der Waals surface area contributed by atoms with Crippen LogP contribution in [0.25, 0.3) is 0 Å². The summed E-state index contributed by atoms with van der Waals surface area (Å²) in [6, 6.07) is -0.476.